The summed E-state index contributed by atoms with van der Waals surface area (Å²) in [7, 11) is 0. The topological polar surface area (TPSA) is 110 Å². The van der Waals surface area contributed by atoms with Gasteiger partial charge in [-0.05, 0) is 12.5 Å². The van der Waals surface area contributed by atoms with Crippen molar-refractivity contribution in [3.63, 3.8) is 0 Å². The van der Waals surface area contributed by atoms with E-state index in [2.05, 4.69) is 9.88 Å². The SMILES string of the molecule is CC.Cc1cccc(C=N)c1.Nc1cc(N)nc(OCCN2CCOCC2)c1. The largest absolute Gasteiger partial charge is 0.476 e. The molecule has 1 saturated heterocycles. The molecule has 0 bridgehead atoms. The number of pyridine rings is 1. The van der Waals surface area contributed by atoms with Gasteiger partial charge in [0, 0.05) is 43.7 Å². The van der Waals surface area contributed by atoms with Crippen molar-refractivity contribution in [1.82, 2.24) is 9.88 Å². The lowest BCUT2D eigenvalue weighted by Gasteiger charge is -2.26. The van der Waals surface area contributed by atoms with E-state index < -0.39 is 0 Å². The highest BCUT2D eigenvalue weighted by Gasteiger charge is 2.10. The van der Waals surface area contributed by atoms with Crippen LogP contribution in [-0.4, -0.2) is 55.6 Å². The molecule has 1 aliphatic heterocycles. The molecule has 0 atom stereocenters. The maximum absolute atomic E-state index is 6.92. The van der Waals surface area contributed by atoms with Crippen molar-refractivity contribution < 1.29 is 9.47 Å². The molecule has 1 aromatic heterocycles. The highest BCUT2D eigenvalue weighted by Crippen LogP contribution is 2.15. The molecule has 0 amide bonds. The molecule has 7 heteroatoms. The van der Waals surface area contributed by atoms with E-state index in [0.29, 0.717) is 24.0 Å². The first-order valence-corrected chi connectivity index (χ1v) is 9.60. The number of nitrogens with two attached hydrogens (primary N) is 2. The molecule has 2 heterocycles. The maximum Gasteiger partial charge on any atom is 0.217 e. The summed E-state index contributed by atoms with van der Waals surface area (Å²) in [5.41, 5.74) is 14.0. The molecular weight excluding hydrogens is 354 g/mol. The van der Waals surface area contributed by atoms with Gasteiger partial charge in [-0.25, -0.2) is 0 Å². The fourth-order valence-corrected chi connectivity index (χ4v) is 2.48. The molecule has 0 saturated carbocycles. The van der Waals surface area contributed by atoms with Crippen LogP contribution < -0.4 is 16.2 Å². The van der Waals surface area contributed by atoms with Crippen molar-refractivity contribution >= 4 is 17.7 Å². The summed E-state index contributed by atoms with van der Waals surface area (Å²) in [4.78, 5) is 6.34. The Morgan fingerprint density at radius 2 is 1.89 bits per heavy atom. The minimum atomic E-state index is 0.381. The summed E-state index contributed by atoms with van der Waals surface area (Å²) in [6.45, 7) is 11.0. The molecule has 0 aliphatic carbocycles. The monoisotopic (exact) mass is 387 g/mol. The van der Waals surface area contributed by atoms with E-state index in [9.17, 15) is 0 Å². The lowest BCUT2D eigenvalue weighted by Crippen LogP contribution is -2.38. The van der Waals surface area contributed by atoms with Crippen LogP contribution in [0.2, 0.25) is 0 Å². The number of benzene rings is 1. The Kier molecular flexibility index (Phi) is 11.3. The Morgan fingerprint density at radius 3 is 2.46 bits per heavy atom. The number of anilines is 2. The van der Waals surface area contributed by atoms with Gasteiger partial charge in [0.2, 0.25) is 5.88 Å². The van der Waals surface area contributed by atoms with Gasteiger partial charge in [0.05, 0.1) is 13.2 Å². The molecule has 3 rings (SSSR count). The molecule has 154 valence electrons. The van der Waals surface area contributed by atoms with Crippen LogP contribution in [0.5, 0.6) is 5.88 Å². The average Bonchev–Trinajstić information content (AvgIpc) is 2.70. The van der Waals surface area contributed by atoms with Crippen LogP contribution >= 0.6 is 0 Å². The number of morpholine rings is 1. The predicted molar refractivity (Wildman–Crippen MR) is 116 cm³/mol. The van der Waals surface area contributed by atoms with Crippen molar-refractivity contribution in [2.75, 3.05) is 50.9 Å². The van der Waals surface area contributed by atoms with Crippen LogP contribution in [0.4, 0.5) is 11.5 Å². The van der Waals surface area contributed by atoms with Crippen molar-refractivity contribution in [2.24, 2.45) is 0 Å². The summed E-state index contributed by atoms with van der Waals surface area (Å²) in [6, 6.07) is 11.2. The third-order valence-electron chi connectivity index (χ3n) is 3.81. The second-order valence-electron chi connectivity index (χ2n) is 6.02. The number of aryl methyl sites for hydroxylation is 1. The molecule has 28 heavy (non-hydrogen) atoms. The summed E-state index contributed by atoms with van der Waals surface area (Å²) < 4.78 is 10.8. The summed E-state index contributed by atoms with van der Waals surface area (Å²) in [6.07, 6.45) is 1.35. The molecule has 0 spiro atoms. The van der Waals surface area contributed by atoms with E-state index in [1.54, 1.807) is 12.1 Å². The van der Waals surface area contributed by atoms with Crippen LogP contribution in [0.15, 0.2) is 36.4 Å². The highest BCUT2D eigenvalue weighted by molar-refractivity contribution is 5.76. The third kappa shape index (κ3) is 9.34. The first kappa shape index (κ1) is 23.4. The number of hydrogen-bond donors (Lipinski definition) is 3. The zero-order chi connectivity index (χ0) is 20.8. The van der Waals surface area contributed by atoms with Gasteiger partial charge in [0.15, 0.2) is 0 Å². The number of nitrogens with one attached hydrogen (secondary N) is 1. The number of ether oxygens (including phenoxy) is 2. The van der Waals surface area contributed by atoms with Crippen LogP contribution in [-0.2, 0) is 4.74 Å². The van der Waals surface area contributed by atoms with Crippen molar-refractivity contribution in [1.29, 1.82) is 5.41 Å². The second kappa shape index (κ2) is 13.5. The normalized spacial score (nSPS) is 13.4. The van der Waals surface area contributed by atoms with E-state index in [1.165, 1.54) is 11.8 Å². The van der Waals surface area contributed by atoms with Gasteiger partial charge in [0.1, 0.15) is 12.4 Å². The summed E-state index contributed by atoms with van der Waals surface area (Å²) in [5.74, 6) is 0.863. The Hall–Kier alpha value is -2.64. The van der Waals surface area contributed by atoms with Crippen molar-refractivity contribution in [2.45, 2.75) is 20.8 Å². The maximum atomic E-state index is 6.92. The summed E-state index contributed by atoms with van der Waals surface area (Å²) >= 11 is 0. The van der Waals surface area contributed by atoms with E-state index in [0.717, 1.165) is 38.4 Å². The average molecular weight is 388 g/mol. The zero-order valence-corrected chi connectivity index (χ0v) is 17.1. The van der Waals surface area contributed by atoms with E-state index in [4.69, 9.17) is 26.4 Å². The minimum absolute atomic E-state index is 0.381. The van der Waals surface area contributed by atoms with Crippen LogP contribution in [0, 0.1) is 12.3 Å². The smallest absolute Gasteiger partial charge is 0.217 e. The lowest BCUT2D eigenvalue weighted by molar-refractivity contribution is 0.0320. The molecule has 7 nitrogen and oxygen atoms in total. The van der Waals surface area contributed by atoms with E-state index >= 15 is 0 Å². The molecule has 5 N–H and O–H groups in total. The Labute approximate surface area is 168 Å². The molecular formula is C21H33N5O2. The predicted octanol–water partition coefficient (Wildman–Crippen LogP) is 2.98. The Morgan fingerprint density at radius 1 is 1.18 bits per heavy atom. The highest BCUT2D eigenvalue weighted by atomic mass is 16.5. The number of nitrogens with zero attached hydrogens (tertiary/aromatic N) is 2. The van der Waals surface area contributed by atoms with Gasteiger partial charge in [-0.3, -0.25) is 4.90 Å². The third-order valence-corrected chi connectivity index (χ3v) is 3.81. The standard InChI is InChI=1S/C11H18N4O2.C8H9N.C2H6/c12-9-7-10(13)14-11(8-9)17-6-3-15-1-4-16-5-2-15;1-7-3-2-4-8(5-7)6-9;1-2/h7-8H,1-6H2,(H4,12,13,14);2-6,9H,1H3;1-2H3. The van der Waals surface area contributed by atoms with E-state index in [1.807, 2.05) is 45.0 Å². The van der Waals surface area contributed by atoms with Gasteiger partial charge in [0.25, 0.3) is 0 Å². The van der Waals surface area contributed by atoms with Crippen LogP contribution in [0.1, 0.15) is 25.0 Å². The fourth-order valence-electron chi connectivity index (χ4n) is 2.48. The molecule has 1 aliphatic rings. The first-order valence-electron chi connectivity index (χ1n) is 9.60. The number of nitrogen functional groups attached to an aromatic ring is 2. The molecule has 1 aromatic carbocycles. The Bertz CT molecular complexity index is 683. The second-order valence-corrected chi connectivity index (χ2v) is 6.02. The van der Waals surface area contributed by atoms with Crippen molar-refractivity contribution in [3.8, 4) is 5.88 Å². The minimum Gasteiger partial charge on any atom is -0.476 e. The van der Waals surface area contributed by atoms with Gasteiger partial charge in [-0.2, -0.15) is 4.98 Å². The zero-order valence-electron chi connectivity index (χ0n) is 17.1. The van der Waals surface area contributed by atoms with Crippen LogP contribution in [0.3, 0.4) is 0 Å². The number of rotatable bonds is 5. The molecule has 1 fully saturated rings. The fraction of sp³-hybridized carbons (Fsp3) is 0.429. The lowest BCUT2D eigenvalue weighted by atomic mass is 10.2. The van der Waals surface area contributed by atoms with E-state index in [-0.39, 0.29) is 0 Å². The van der Waals surface area contributed by atoms with Gasteiger partial charge < -0.3 is 26.4 Å². The van der Waals surface area contributed by atoms with Gasteiger partial charge >= 0.3 is 0 Å². The molecule has 2 aromatic rings. The summed E-state index contributed by atoms with van der Waals surface area (Å²) in [5, 5.41) is 6.92. The quantitative estimate of drug-likeness (QED) is 0.680. The molecule has 0 radical (unpaired) electrons. The van der Waals surface area contributed by atoms with Gasteiger partial charge in [-0.15, -0.1) is 0 Å². The number of aromatic nitrogens is 1. The first-order chi connectivity index (χ1) is 13.6. The Balaban J connectivity index is 0.000000301. The van der Waals surface area contributed by atoms with Crippen LogP contribution in [0.25, 0.3) is 0 Å². The number of hydrogen-bond acceptors (Lipinski definition) is 7. The molecule has 0 unspecified atom stereocenters. The van der Waals surface area contributed by atoms with Crippen molar-refractivity contribution in [3.05, 3.63) is 47.5 Å². The van der Waals surface area contributed by atoms with Gasteiger partial charge in [-0.1, -0.05) is 43.7 Å².